The van der Waals surface area contributed by atoms with Crippen LogP contribution in [0.2, 0.25) is 0 Å². The molecule has 2 heterocycles. The fourth-order valence-electron chi connectivity index (χ4n) is 3.59. The van der Waals surface area contributed by atoms with Crippen LogP contribution in [-0.4, -0.2) is 30.6 Å². The lowest BCUT2D eigenvalue weighted by molar-refractivity contribution is -0.119. The monoisotopic (exact) mass is 378 g/mol. The van der Waals surface area contributed by atoms with Gasteiger partial charge in [-0.25, -0.2) is 4.98 Å². The minimum atomic E-state index is -0.0167. The standard InChI is InChI=1S/C22H26N4O2/c1-3-28-22-9-8-21(20(14-23)25-22)26-12-10-19(11-13-26)18-6-4-17(5-7-18)15-24-16(2)27/h4-9,19H,3,10-13,15H2,1-2H3,(H,24,27). The number of ether oxygens (including phenoxy) is 1. The van der Waals surface area contributed by atoms with Crippen molar-refractivity contribution >= 4 is 11.6 Å². The van der Waals surface area contributed by atoms with Crippen LogP contribution in [-0.2, 0) is 11.3 Å². The number of carbonyl (C=O) groups is 1. The number of anilines is 1. The molecule has 28 heavy (non-hydrogen) atoms. The van der Waals surface area contributed by atoms with E-state index in [4.69, 9.17) is 4.74 Å². The molecule has 1 amide bonds. The molecule has 0 saturated carbocycles. The molecular weight excluding hydrogens is 352 g/mol. The maximum atomic E-state index is 11.0. The number of aromatic nitrogens is 1. The van der Waals surface area contributed by atoms with E-state index < -0.39 is 0 Å². The average Bonchev–Trinajstić information content (AvgIpc) is 2.73. The molecule has 0 aliphatic carbocycles. The SMILES string of the molecule is CCOc1ccc(N2CCC(c3ccc(CNC(C)=O)cc3)CC2)c(C#N)n1. The zero-order chi connectivity index (χ0) is 19.9. The van der Waals surface area contributed by atoms with Crippen molar-refractivity contribution in [2.45, 2.75) is 39.2 Å². The van der Waals surface area contributed by atoms with E-state index in [0.717, 1.165) is 37.2 Å². The average molecular weight is 378 g/mol. The van der Waals surface area contributed by atoms with Gasteiger partial charge < -0.3 is 15.0 Å². The summed E-state index contributed by atoms with van der Waals surface area (Å²) in [4.78, 5) is 17.6. The van der Waals surface area contributed by atoms with Gasteiger partial charge in [0, 0.05) is 32.6 Å². The summed E-state index contributed by atoms with van der Waals surface area (Å²) >= 11 is 0. The van der Waals surface area contributed by atoms with E-state index in [2.05, 4.69) is 45.5 Å². The van der Waals surface area contributed by atoms with Crippen molar-refractivity contribution in [2.24, 2.45) is 0 Å². The number of pyridine rings is 1. The van der Waals surface area contributed by atoms with Crippen molar-refractivity contribution in [2.75, 3.05) is 24.6 Å². The van der Waals surface area contributed by atoms with Crippen LogP contribution in [0, 0.1) is 11.3 Å². The van der Waals surface area contributed by atoms with Crippen LogP contribution in [0.25, 0.3) is 0 Å². The van der Waals surface area contributed by atoms with Gasteiger partial charge in [0.2, 0.25) is 11.8 Å². The Balaban J connectivity index is 1.61. The molecule has 3 rings (SSSR count). The van der Waals surface area contributed by atoms with Gasteiger partial charge >= 0.3 is 0 Å². The van der Waals surface area contributed by atoms with Gasteiger partial charge in [-0.3, -0.25) is 4.79 Å². The largest absolute Gasteiger partial charge is 0.478 e. The van der Waals surface area contributed by atoms with Gasteiger partial charge in [0.25, 0.3) is 0 Å². The molecular formula is C22H26N4O2. The fraction of sp³-hybridized carbons (Fsp3) is 0.409. The highest BCUT2D eigenvalue weighted by molar-refractivity contribution is 5.72. The Morgan fingerprint density at radius 3 is 2.57 bits per heavy atom. The number of amides is 1. The van der Waals surface area contributed by atoms with E-state index in [0.29, 0.717) is 30.6 Å². The van der Waals surface area contributed by atoms with Crippen LogP contribution < -0.4 is 15.0 Å². The van der Waals surface area contributed by atoms with Gasteiger partial charge in [-0.2, -0.15) is 5.26 Å². The predicted octanol–water partition coefficient (Wildman–Crippen LogP) is 3.37. The number of carbonyl (C=O) groups excluding carboxylic acids is 1. The highest BCUT2D eigenvalue weighted by atomic mass is 16.5. The molecule has 1 aromatic heterocycles. The Morgan fingerprint density at radius 2 is 1.96 bits per heavy atom. The van der Waals surface area contributed by atoms with E-state index in [1.54, 1.807) is 0 Å². The van der Waals surface area contributed by atoms with Crippen LogP contribution in [0.3, 0.4) is 0 Å². The third kappa shape index (κ3) is 4.80. The summed E-state index contributed by atoms with van der Waals surface area (Å²) in [5.41, 5.74) is 3.74. The molecule has 0 radical (unpaired) electrons. The Bertz CT molecular complexity index is 850. The zero-order valence-electron chi connectivity index (χ0n) is 16.4. The first-order valence-electron chi connectivity index (χ1n) is 9.73. The molecule has 6 nitrogen and oxygen atoms in total. The number of nitriles is 1. The Kier molecular flexibility index (Phi) is 6.49. The smallest absolute Gasteiger partial charge is 0.217 e. The lowest BCUT2D eigenvalue weighted by Crippen LogP contribution is -2.33. The number of nitrogens with one attached hydrogen (secondary N) is 1. The Morgan fingerprint density at radius 1 is 1.25 bits per heavy atom. The van der Waals surface area contributed by atoms with Gasteiger partial charge in [-0.05, 0) is 42.9 Å². The molecule has 1 fully saturated rings. The van der Waals surface area contributed by atoms with E-state index in [-0.39, 0.29) is 5.91 Å². The summed E-state index contributed by atoms with van der Waals surface area (Å²) in [5.74, 6) is 0.987. The lowest BCUT2D eigenvalue weighted by Gasteiger charge is -2.34. The van der Waals surface area contributed by atoms with Crippen LogP contribution in [0.5, 0.6) is 5.88 Å². The molecule has 1 saturated heterocycles. The van der Waals surface area contributed by atoms with E-state index in [1.807, 2.05) is 19.1 Å². The van der Waals surface area contributed by atoms with Gasteiger partial charge in [-0.1, -0.05) is 24.3 Å². The highest BCUT2D eigenvalue weighted by Gasteiger charge is 2.23. The second-order valence-electron chi connectivity index (χ2n) is 6.97. The second kappa shape index (κ2) is 9.23. The van der Waals surface area contributed by atoms with Crippen LogP contribution in [0.15, 0.2) is 36.4 Å². The van der Waals surface area contributed by atoms with Crippen LogP contribution in [0.1, 0.15) is 49.4 Å². The minimum Gasteiger partial charge on any atom is -0.478 e. The first-order chi connectivity index (χ1) is 13.6. The molecule has 1 aliphatic heterocycles. The van der Waals surface area contributed by atoms with Gasteiger partial charge in [0.1, 0.15) is 6.07 Å². The number of hydrogen-bond acceptors (Lipinski definition) is 5. The predicted molar refractivity (Wildman–Crippen MR) is 108 cm³/mol. The molecule has 1 aromatic carbocycles. The molecule has 6 heteroatoms. The maximum Gasteiger partial charge on any atom is 0.217 e. The molecule has 2 aromatic rings. The lowest BCUT2D eigenvalue weighted by atomic mass is 9.88. The number of piperidine rings is 1. The molecule has 0 unspecified atom stereocenters. The zero-order valence-corrected chi connectivity index (χ0v) is 16.4. The van der Waals surface area contributed by atoms with Crippen molar-refractivity contribution in [1.82, 2.24) is 10.3 Å². The van der Waals surface area contributed by atoms with Gasteiger partial charge in [0.05, 0.1) is 12.3 Å². The molecule has 0 spiro atoms. The Hall–Kier alpha value is -3.07. The van der Waals surface area contributed by atoms with Crippen LogP contribution >= 0.6 is 0 Å². The van der Waals surface area contributed by atoms with Crippen molar-refractivity contribution in [3.8, 4) is 11.9 Å². The summed E-state index contributed by atoms with van der Waals surface area (Å²) in [6.45, 7) is 6.31. The number of rotatable bonds is 6. The number of nitrogens with zero attached hydrogens (tertiary/aromatic N) is 3. The summed E-state index contributed by atoms with van der Waals surface area (Å²) in [7, 11) is 0. The summed E-state index contributed by atoms with van der Waals surface area (Å²) in [6, 6.07) is 14.5. The normalized spacial score (nSPS) is 14.4. The quantitative estimate of drug-likeness (QED) is 0.834. The molecule has 146 valence electrons. The van der Waals surface area contributed by atoms with Crippen LogP contribution in [0.4, 0.5) is 5.69 Å². The fourth-order valence-corrected chi connectivity index (χ4v) is 3.59. The Labute approximate surface area is 166 Å². The van der Waals surface area contributed by atoms with E-state index in [1.165, 1.54) is 12.5 Å². The third-order valence-electron chi connectivity index (χ3n) is 5.07. The van der Waals surface area contributed by atoms with Crippen molar-refractivity contribution in [1.29, 1.82) is 5.26 Å². The van der Waals surface area contributed by atoms with Crippen molar-refractivity contribution in [3.63, 3.8) is 0 Å². The maximum absolute atomic E-state index is 11.0. The van der Waals surface area contributed by atoms with E-state index >= 15 is 0 Å². The summed E-state index contributed by atoms with van der Waals surface area (Å²) < 4.78 is 5.40. The summed E-state index contributed by atoms with van der Waals surface area (Å²) in [5, 5.41) is 12.3. The van der Waals surface area contributed by atoms with Gasteiger partial charge in [-0.15, -0.1) is 0 Å². The van der Waals surface area contributed by atoms with Crippen molar-refractivity contribution in [3.05, 3.63) is 53.2 Å². The van der Waals surface area contributed by atoms with E-state index in [9.17, 15) is 10.1 Å². The topological polar surface area (TPSA) is 78.2 Å². The highest BCUT2D eigenvalue weighted by Crippen LogP contribution is 2.32. The first kappa shape index (κ1) is 19.7. The minimum absolute atomic E-state index is 0.0167. The molecule has 0 atom stereocenters. The first-order valence-corrected chi connectivity index (χ1v) is 9.73. The number of benzene rings is 1. The number of hydrogen-bond donors (Lipinski definition) is 1. The third-order valence-corrected chi connectivity index (χ3v) is 5.07. The van der Waals surface area contributed by atoms with Gasteiger partial charge in [0.15, 0.2) is 5.69 Å². The summed E-state index contributed by atoms with van der Waals surface area (Å²) in [6.07, 6.45) is 2.06. The molecule has 0 bridgehead atoms. The molecule has 1 N–H and O–H groups in total. The molecule has 1 aliphatic rings. The second-order valence-corrected chi connectivity index (χ2v) is 6.97. The van der Waals surface area contributed by atoms with Crippen molar-refractivity contribution < 1.29 is 9.53 Å².